The molecule has 0 saturated heterocycles. The van der Waals surface area contributed by atoms with Crippen molar-refractivity contribution in [3.8, 4) is 0 Å². The summed E-state index contributed by atoms with van der Waals surface area (Å²) in [6, 6.07) is 3.20. The van der Waals surface area contributed by atoms with Crippen LogP contribution < -0.4 is 5.32 Å². The SMILES string of the molecule is Cc1noc(C)c1CC(=O)Nc1ccc(Cl)c(C(F)(F)F)c1. The number of nitrogens with zero attached hydrogens (tertiary/aromatic N) is 1. The van der Waals surface area contributed by atoms with E-state index in [1.807, 2.05) is 0 Å². The highest BCUT2D eigenvalue weighted by Gasteiger charge is 2.33. The Morgan fingerprint density at radius 1 is 1.36 bits per heavy atom. The van der Waals surface area contributed by atoms with Gasteiger partial charge in [-0.3, -0.25) is 4.79 Å². The summed E-state index contributed by atoms with van der Waals surface area (Å²) in [6.07, 6.45) is -4.62. The Balaban J connectivity index is 2.16. The molecule has 0 aliphatic carbocycles. The van der Waals surface area contributed by atoms with Crippen LogP contribution in [0.25, 0.3) is 0 Å². The van der Waals surface area contributed by atoms with Crippen molar-refractivity contribution in [3.63, 3.8) is 0 Å². The summed E-state index contributed by atoms with van der Waals surface area (Å²) in [5.41, 5.74) is 0.208. The van der Waals surface area contributed by atoms with Crippen LogP contribution in [-0.2, 0) is 17.4 Å². The number of halogens is 4. The summed E-state index contributed by atoms with van der Waals surface area (Å²) in [6.45, 7) is 3.34. The van der Waals surface area contributed by atoms with Crippen molar-refractivity contribution in [2.45, 2.75) is 26.4 Å². The lowest BCUT2D eigenvalue weighted by molar-refractivity contribution is -0.137. The minimum Gasteiger partial charge on any atom is -0.361 e. The molecule has 0 atom stereocenters. The third kappa shape index (κ3) is 3.59. The molecule has 0 spiro atoms. The molecule has 22 heavy (non-hydrogen) atoms. The number of amides is 1. The van der Waals surface area contributed by atoms with Gasteiger partial charge in [0.25, 0.3) is 0 Å². The number of aromatic nitrogens is 1. The second-order valence-corrected chi connectivity index (χ2v) is 5.13. The highest BCUT2D eigenvalue weighted by Crippen LogP contribution is 2.36. The molecule has 0 aliphatic rings. The number of nitrogens with one attached hydrogen (secondary N) is 1. The predicted molar refractivity (Wildman–Crippen MR) is 74.8 cm³/mol. The van der Waals surface area contributed by atoms with Crippen LogP contribution in [0.15, 0.2) is 22.7 Å². The monoisotopic (exact) mass is 332 g/mol. The number of carbonyl (C=O) groups excluding carboxylic acids is 1. The first kappa shape index (κ1) is 16.4. The summed E-state index contributed by atoms with van der Waals surface area (Å²) in [4.78, 5) is 11.9. The Bertz CT molecular complexity index is 691. The quantitative estimate of drug-likeness (QED) is 0.918. The fourth-order valence-corrected chi connectivity index (χ4v) is 2.16. The molecule has 1 aromatic heterocycles. The van der Waals surface area contributed by atoms with Crippen LogP contribution in [0, 0.1) is 13.8 Å². The largest absolute Gasteiger partial charge is 0.417 e. The van der Waals surface area contributed by atoms with Crippen LogP contribution in [0.3, 0.4) is 0 Å². The molecule has 0 bridgehead atoms. The second-order valence-electron chi connectivity index (χ2n) is 4.72. The van der Waals surface area contributed by atoms with E-state index in [-0.39, 0.29) is 12.1 Å². The Labute approximate surface area is 129 Å². The number of alkyl halides is 3. The van der Waals surface area contributed by atoms with Gasteiger partial charge in [-0.1, -0.05) is 16.8 Å². The molecule has 2 aromatic rings. The first-order chi connectivity index (χ1) is 10.2. The van der Waals surface area contributed by atoms with Crippen molar-refractivity contribution in [2.75, 3.05) is 5.32 Å². The van der Waals surface area contributed by atoms with Gasteiger partial charge in [-0.2, -0.15) is 13.2 Å². The zero-order valence-corrected chi connectivity index (χ0v) is 12.5. The maximum absolute atomic E-state index is 12.8. The van der Waals surface area contributed by atoms with Crippen molar-refractivity contribution in [3.05, 3.63) is 45.8 Å². The second kappa shape index (κ2) is 6.00. The Kier molecular flexibility index (Phi) is 4.46. The highest BCUT2D eigenvalue weighted by molar-refractivity contribution is 6.31. The van der Waals surface area contributed by atoms with Crippen LogP contribution in [0.5, 0.6) is 0 Å². The van der Waals surface area contributed by atoms with E-state index in [0.717, 1.165) is 12.1 Å². The molecule has 1 N–H and O–H groups in total. The minimum atomic E-state index is -4.58. The topological polar surface area (TPSA) is 55.1 Å². The molecule has 4 nitrogen and oxygen atoms in total. The zero-order chi connectivity index (χ0) is 16.5. The maximum Gasteiger partial charge on any atom is 0.417 e. The molecule has 0 saturated carbocycles. The van der Waals surface area contributed by atoms with E-state index < -0.39 is 22.7 Å². The number of anilines is 1. The average molecular weight is 333 g/mol. The van der Waals surface area contributed by atoms with Crippen LogP contribution in [0.4, 0.5) is 18.9 Å². The van der Waals surface area contributed by atoms with Gasteiger partial charge in [-0.05, 0) is 32.0 Å². The summed E-state index contributed by atoms with van der Waals surface area (Å²) in [5, 5.41) is 5.70. The molecule has 1 amide bonds. The first-order valence-corrected chi connectivity index (χ1v) is 6.64. The molecule has 118 valence electrons. The average Bonchev–Trinajstić information content (AvgIpc) is 2.71. The molecular formula is C14H12ClF3N2O2. The standard InChI is InChI=1S/C14H12ClF3N2O2/c1-7-10(8(2)22-20-7)6-13(21)19-9-3-4-12(15)11(5-9)14(16,17)18/h3-5H,6H2,1-2H3,(H,19,21). The van der Waals surface area contributed by atoms with E-state index in [1.54, 1.807) is 13.8 Å². The van der Waals surface area contributed by atoms with Gasteiger partial charge in [0, 0.05) is 11.3 Å². The highest BCUT2D eigenvalue weighted by atomic mass is 35.5. The number of hydrogen-bond acceptors (Lipinski definition) is 3. The van der Waals surface area contributed by atoms with E-state index in [2.05, 4.69) is 10.5 Å². The van der Waals surface area contributed by atoms with Crippen molar-refractivity contribution < 1.29 is 22.5 Å². The lowest BCUT2D eigenvalue weighted by Gasteiger charge is -2.11. The number of rotatable bonds is 3. The summed E-state index contributed by atoms with van der Waals surface area (Å²) in [7, 11) is 0. The van der Waals surface area contributed by atoms with Crippen molar-refractivity contribution in [2.24, 2.45) is 0 Å². The van der Waals surface area contributed by atoms with Gasteiger partial charge in [-0.15, -0.1) is 0 Å². The third-order valence-electron chi connectivity index (χ3n) is 3.07. The van der Waals surface area contributed by atoms with Gasteiger partial charge in [0.05, 0.1) is 22.7 Å². The Morgan fingerprint density at radius 2 is 2.05 bits per heavy atom. The van der Waals surface area contributed by atoms with Crippen LogP contribution in [-0.4, -0.2) is 11.1 Å². The first-order valence-electron chi connectivity index (χ1n) is 6.27. The molecular weight excluding hydrogens is 321 g/mol. The van der Waals surface area contributed by atoms with Gasteiger partial charge in [0.15, 0.2) is 0 Å². The molecule has 0 unspecified atom stereocenters. The molecule has 2 rings (SSSR count). The van der Waals surface area contributed by atoms with E-state index in [9.17, 15) is 18.0 Å². The van der Waals surface area contributed by atoms with E-state index >= 15 is 0 Å². The number of carbonyl (C=O) groups is 1. The Hall–Kier alpha value is -2.02. The zero-order valence-electron chi connectivity index (χ0n) is 11.7. The lowest BCUT2D eigenvalue weighted by Crippen LogP contribution is -2.16. The molecule has 8 heteroatoms. The molecule has 1 heterocycles. The minimum absolute atomic E-state index is 0.0217. The molecule has 0 fully saturated rings. The van der Waals surface area contributed by atoms with E-state index in [1.165, 1.54) is 6.07 Å². The van der Waals surface area contributed by atoms with Gasteiger partial charge < -0.3 is 9.84 Å². The number of benzene rings is 1. The number of aryl methyl sites for hydroxylation is 2. The van der Waals surface area contributed by atoms with Crippen LogP contribution in [0.1, 0.15) is 22.6 Å². The van der Waals surface area contributed by atoms with Crippen LogP contribution in [0.2, 0.25) is 5.02 Å². The summed E-state index contributed by atoms with van der Waals surface area (Å²) < 4.78 is 43.2. The normalized spacial score (nSPS) is 11.5. The lowest BCUT2D eigenvalue weighted by atomic mass is 10.1. The molecule has 1 aromatic carbocycles. The summed E-state index contributed by atoms with van der Waals surface area (Å²) >= 11 is 5.52. The fourth-order valence-electron chi connectivity index (χ4n) is 1.94. The van der Waals surface area contributed by atoms with Crippen molar-refractivity contribution in [1.82, 2.24) is 5.16 Å². The predicted octanol–water partition coefficient (Wildman–Crippen LogP) is 4.14. The smallest absolute Gasteiger partial charge is 0.361 e. The third-order valence-corrected chi connectivity index (χ3v) is 3.40. The summed E-state index contributed by atoms with van der Waals surface area (Å²) in [5.74, 6) is 0.0320. The van der Waals surface area contributed by atoms with Crippen molar-refractivity contribution in [1.29, 1.82) is 0 Å². The fraction of sp³-hybridized carbons (Fsp3) is 0.286. The van der Waals surface area contributed by atoms with Gasteiger partial charge in [0.1, 0.15) is 5.76 Å². The van der Waals surface area contributed by atoms with Crippen molar-refractivity contribution >= 4 is 23.2 Å². The maximum atomic E-state index is 12.8. The van der Waals surface area contributed by atoms with Gasteiger partial charge >= 0.3 is 6.18 Å². The number of hydrogen-bond donors (Lipinski definition) is 1. The van der Waals surface area contributed by atoms with Gasteiger partial charge in [-0.25, -0.2) is 0 Å². The van der Waals surface area contributed by atoms with E-state index in [0.29, 0.717) is 17.0 Å². The molecule has 0 radical (unpaired) electrons. The van der Waals surface area contributed by atoms with E-state index in [4.69, 9.17) is 16.1 Å². The Morgan fingerprint density at radius 3 is 2.59 bits per heavy atom. The molecule has 0 aliphatic heterocycles. The van der Waals surface area contributed by atoms with Crippen LogP contribution >= 0.6 is 11.6 Å². The van der Waals surface area contributed by atoms with Gasteiger partial charge in [0.2, 0.25) is 5.91 Å².